The Morgan fingerprint density at radius 1 is 1.56 bits per heavy atom. The van der Waals surface area contributed by atoms with E-state index in [9.17, 15) is 0 Å². The van der Waals surface area contributed by atoms with Crippen molar-refractivity contribution >= 4 is 0 Å². The minimum atomic E-state index is 0.0833. The Bertz CT molecular complexity index is 138. The Morgan fingerprint density at radius 3 is 2.78 bits per heavy atom. The van der Waals surface area contributed by atoms with Crippen molar-refractivity contribution in [2.45, 2.75) is 13.1 Å². The first-order valence-electron chi connectivity index (χ1n) is 3.21. The molecule has 0 aromatic carbocycles. The number of nitrogens with zero attached hydrogens (tertiary/aromatic N) is 1. The number of hydrogen-bond acceptors (Lipinski definition) is 2. The maximum absolute atomic E-state index is 5.68. The molecule has 50 valence electrons. The second-order valence-corrected chi connectivity index (χ2v) is 2.05. The SMILES string of the molecule is CCN1C=CC=CC1N. The van der Waals surface area contributed by atoms with Gasteiger partial charge in [0.15, 0.2) is 0 Å². The Balaban J connectivity index is 2.55. The number of nitrogens with two attached hydrogens (primary N) is 1. The molecule has 1 unspecified atom stereocenters. The molecule has 1 heterocycles. The van der Waals surface area contributed by atoms with Crippen molar-refractivity contribution < 1.29 is 0 Å². The lowest BCUT2D eigenvalue weighted by atomic mass is 10.3. The Morgan fingerprint density at radius 2 is 2.33 bits per heavy atom. The van der Waals surface area contributed by atoms with Crippen molar-refractivity contribution in [3.05, 3.63) is 24.4 Å². The average Bonchev–Trinajstić information content (AvgIpc) is 1.89. The molecule has 0 aromatic heterocycles. The summed E-state index contributed by atoms with van der Waals surface area (Å²) in [5, 5.41) is 0. The third-order valence-corrected chi connectivity index (χ3v) is 1.45. The highest BCUT2D eigenvalue weighted by Gasteiger charge is 2.04. The van der Waals surface area contributed by atoms with E-state index in [-0.39, 0.29) is 6.17 Å². The minimum Gasteiger partial charge on any atom is -0.359 e. The van der Waals surface area contributed by atoms with Crippen molar-refractivity contribution in [1.29, 1.82) is 0 Å². The third-order valence-electron chi connectivity index (χ3n) is 1.45. The van der Waals surface area contributed by atoms with Gasteiger partial charge in [-0.15, -0.1) is 0 Å². The number of hydrogen-bond donors (Lipinski definition) is 1. The van der Waals surface area contributed by atoms with E-state index in [0.29, 0.717) is 0 Å². The van der Waals surface area contributed by atoms with E-state index in [2.05, 4.69) is 11.8 Å². The molecule has 1 atom stereocenters. The number of allylic oxidation sites excluding steroid dienone is 2. The molecule has 9 heavy (non-hydrogen) atoms. The van der Waals surface area contributed by atoms with Crippen LogP contribution < -0.4 is 5.73 Å². The summed E-state index contributed by atoms with van der Waals surface area (Å²) in [6.45, 7) is 3.06. The van der Waals surface area contributed by atoms with Gasteiger partial charge in [-0.2, -0.15) is 0 Å². The first kappa shape index (κ1) is 6.36. The van der Waals surface area contributed by atoms with Gasteiger partial charge in [-0.1, -0.05) is 6.08 Å². The molecular formula is C7H12N2. The quantitative estimate of drug-likeness (QED) is 0.557. The largest absolute Gasteiger partial charge is 0.359 e. The zero-order valence-electron chi connectivity index (χ0n) is 5.62. The fraction of sp³-hybridized carbons (Fsp3) is 0.429. The molecule has 1 aliphatic rings. The lowest BCUT2D eigenvalue weighted by Crippen LogP contribution is -2.37. The van der Waals surface area contributed by atoms with Crippen molar-refractivity contribution in [2.24, 2.45) is 5.73 Å². The molecule has 0 radical (unpaired) electrons. The lowest BCUT2D eigenvalue weighted by molar-refractivity contribution is 0.338. The predicted octanol–water partition coefficient (Wildman–Crippen LogP) is 0.677. The van der Waals surface area contributed by atoms with Crippen LogP contribution in [0.25, 0.3) is 0 Å². The van der Waals surface area contributed by atoms with Crippen LogP contribution in [0, 0.1) is 0 Å². The predicted molar refractivity (Wildman–Crippen MR) is 38.6 cm³/mol. The molecule has 2 heteroatoms. The molecule has 1 rings (SSSR count). The average molecular weight is 124 g/mol. The summed E-state index contributed by atoms with van der Waals surface area (Å²) in [4.78, 5) is 2.07. The van der Waals surface area contributed by atoms with Gasteiger partial charge in [0.2, 0.25) is 0 Å². The molecule has 0 aliphatic carbocycles. The summed E-state index contributed by atoms with van der Waals surface area (Å²) in [6, 6.07) is 0. The summed E-state index contributed by atoms with van der Waals surface area (Å²) in [5.74, 6) is 0. The van der Waals surface area contributed by atoms with E-state index < -0.39 is 0 Å². The molecular weight excluding hydrogens is 112 g/mol. The maximum Gasteiger partial charge on any atom is 0.0959 e. The lowest BCUT2D eigenvalue weighted by Gasteiger charge is -2.25. The van der Waals surface area contributed by atoms with E-state index in [1.165, 1.54) is 0 Å². The van der Waals surface area contributed by atoms with Gasteiger partial charge in [-0.25, -0.2) is 0 Å². The van der Waals surface area contributed by atoms with Gasteiger partial charge >= 0.3 is 0 Å². The van der Waals surface area contributed by atoms with Crippen LogP contribution >= 0.6 is 0 Å². The first-order valence-corrected chi connectivity index (χ1v) is 3.21. The van der Waals surface area contributed by atoms with Gasteiger partial charge < -0.3 is 10.6 Å². The Hall–Kier alpha value is -0.760. The Kier molecular flexibility index (Phi) is 1.90. The van der Waals surface area contributed by atoms with Crippen molar-refractivity contribution in [2.75, 3.05) is 6.54 Å². The fourth-order valence-corrected chi connectivity index (χ4v) is 0.864. The third kappa shape index (κ3) is 1.33. The van der Waals surface area contributed by atoms with E-state index >= 15 is 0 Å². The van der Waals surface area contributed by atoms with Crippen LogP contribution in [-0.4, -0.2) is 17.6 Å². The standard InChI is InChI=1S/C7H12N2/c1-2-9-6-4-3-5-7(9)8/h3-7H,2,8H2,1H3. The van der Waals surface area contributed by atoms with Crippen LogP contribution in [0.3, 0.4) is 0 Å². The highest BCUT2D eigenvalue weighted by atomic mass is 15.2. The van der Waals surface area contributed by atoms with E-state index in [1.807, 2.05) is 24.4 Å². The summed E-state index contributed by atoms with van der Waals surface area (Å²) in [7, 11) is 0. The number of rotatable bonds is 1. The molecule has 0 aromatic rings. The van der Waals surface area contributed by atoms with Crippen molar-refractivity contribution in [3.63, 3.8) is 0 Å². The summed E-state index contributed by atoms with van der Waals surface area (Å²) < 4.78 is 0. The second-order valence-electron chi connectivity index (χ2n) is 2.05. The topological polar surface area (TPSA) is 29.3 Å². The van der Waals surface area contributed by atoms with Crippen LogP contribution in [0.5, 0.6) is 0 Å². The van der Waals surface area contributed by atoms with Gasteiger partial charge in [0.1, 0.15) is 0 Å². The zero-order chi connectivity index (χ0) is 6.69. The van der Waals surface area contributed by atoms with E-state index in [1.54, 1.807) is 0 Å². The highest BCUT2D eigenvalue weighted by molar-refractivity contribution is 5.11. The van der Waals surface area contributed by atoms with Crippen LogP contribution in [0.4, 0.5) is 0 Å². The molecule has 0 bridgehead atoms. The fourth-order valence-electron chi connectivity index (χ4n) is 0.864. The normalized spacial score (nSPS) is 25.1. The molecule has 0 saturated heterocycles. The van der Waals surface area contributed by atoms with Crippen molar-refractivity contribution in [1.82, 2.24) is 4.90 Å². The maximum atomic E-state index is 5.68. The van der Waals surface area contributed by atoms with Crippen molar-refractivity contribution in [3.8, 4) is 0 Å². The van der Waals surface area contributed by atoms with Crippen LogP contribution in [0.1, 0.15) is 6.92 Å². The van der Waals surface area contributed by atoms with Gasteiger partial charge in [-0.3, -0.25) is 0 Å². The van der Waals surface area contributed by atoms with Gasteiger partial charge in [-0.05, 0) is 19.1 Å². The summed E-state index contributed by atoms with van der Waals surface area (Å²) >= 11 is 0. The molecule has 0 spiro atoms. The first-order chi connectivity index (χ1) is 4.34. The van der Waals surface area contributed by atoms with Crippen LogP contribution in [0.2, 0.25) is 0 Å². The molecule has 0 saturated carbocycles. The monoisotopic (exact) mass is 124 g/mol. The molecule has 0 amide bonds. The molecule has 2 N–H and O–H groups in total. The van der Waals surface area contributed by atoms with Gasteiger partial charge in [0.05, 0.1) is 6.17 Å². The Labute approximate surface area is 55.6 Å². The zero-order valence-corrected chi connectivity index (χ0v) is 5.62. The number of likely N-dealkylation sites (N-methyl/N-ethyl adjacent to an activating group) is 1. The van der Waals surface area contributed by atoms with Gasteiger partial charge in [0, 0.05) is 12.7 Å². The van der Waals surface area contributed by atoms with Crippen LogP contribution in [0.15, 0.2) is 24.4 Å². The van der Waals surface area contributed by atoms with Crippen LogP contribution in [-0.2, 0) is 0 Å². The van der Waals surface area contributed by atoms with E-state index in [0.717, 1.165) is 6.54 Å². The summed E-state index contributed by atoms with van der Waals surface area (Å²) in [5.41, 5.74) is 5.68. The highest BCUT2D eigenvalue weighted by Crippen LogP contribution is 2.01. The second kappa shape index (κ2) is 2.69. The molecule has 1 aliphatic heterocycles. The van der Waals surface area contributed by atoms with Gasteiger partial charge in [0.25, 0.3) is 0 Å². The van der Waals surface area contributed by atoms with E-state index in [4.69, 9.17) is 5.73 Å². The smallest absolute Gasteiger partial charge is 0.0959 e. The minimum absolute atomic E-state index is 0.0833. The molecule has 0 fully saturated rings. The molecule has 2 nitrogen and oxygen atoms in total. The summed E-state index contributed by atoms with van der Waals surface area (Å²) in [6.07, 6.45) is 8.03.